The Morgan fingerprint density at radius 3 is 3.08 bits per heavy atom. The van der Waals surface area contributed by atoms with Gasteiger partial charge < -0.3 is 14.6 Å². The number of fused-ring (bicyclic) bond motifs is 1. The first-order valence-corrected chi connectivity index (χ1v) is 9.35. The number of H-pyrrole nitrogens is 1. The number of urea groups is 1. The third-order valence-corrected chi connectivity index (χ3v) is 5.45. The van der Waals surface area contributed by atoms with E-state index in [9.17, 15) is 4.79 Å². The molecule has 2 N–H and O–H groups in total. The average Bonchev–Trinajstić information content (AvgIpc) is 3.16. The number of aryl methyl sites for hydroxylation is 2. The van der Waals surface area contributed by atoms with Gasteiger partial charge in [-0.05, 0) is 56.7 Å². The van der Waals surface area contributed by atoms with Crippen molar-refractivity contribution in [3.05, 3.63) is 41.1 Å². The summed E-state index contributed by atoms with van der Waals surface area (Å²) >= 11 is 0. The van der Waals surface area contributed by atoms with Crippen LogP contribution in [0.15, 0.2) is 22.7 Å². The topological polar surface area (TPSA) is 74.2 Å². The number of aromatic amines is 1. The summed E-state index contributed by atoms with van der Waals surface area (Å²) in [6.45, 7) is 2.75. The molecule has 134 valence electrons. The molecule has 0 saturated carbocycles. The zero-order valence-electron chi connectivity index (χ0n) is 14.8. The highest BCUT2D eigenvalue weighted by molar-refractivity contribution is 5.75. The van der Waals surface area contributed by atoms with Crippen molar-refractivity contribution in [2.45, 2.75) is 64.0 Å². The van der Waals surface area contributed by atoms with Crippen molar-refractivity contribution in [1.29, 1.82) is 0 Å². The van der Waals surface area contributed by atoms with Crippen LogP contribution in [0.5, 0.6) is 0 Å². The van der Waals surface area contributed by atoms with Gasteiger partial charge in [-0.15, -0.1) is 0 Å². The summed E-state index contributed by atoms with van der Waals surface area (Å²) in [4.78, 5) is 15.0. The van der Waals surface area contributed by atoms with Gasteiger partial charge in [-0.25, -0.2) is 4.79 Å². The highest BCUT2D eigenvalue weighted by Gasteiger charge is 2.31. The van der Waals surface area contributed by atoms with E-state index in [1.165, 1.54) is 17.7 Å². The van der Waals surface area contributed by atoms with Crippen molar-refractivity contribution in [1.82, 2.24) is 20.4 Å². The van der Waals surface area contributed by atoms with Crippen molar-refractivity contribution >= 4 is 6.03 Å². The molecule has 6 heteroatoms. The maximum Gasteiger partial charge on any atom is 0.318 e. The summed E-state index contributed by atoms with van der Waals surface area (Å²) < 4.78 is 5.85. The Bertz CT molecular complexity index is 735. The van der Waals surface area contributed by atoms with E-state index in [4.69, 9.17) is 4.42 Å². The lowest BCUT2D eigenvalue weighted by Crippen LogP contribution is -2.47. The molecule has 6 nitrogen and oxygen atoms in total. The fourth-order valence-corrected chi connectivity index (χ4v) is 4.08. The van der Waals surface area contributed by atoms with Gasteiger partial charge in [-0.1, -0.05) is 12.8 Å². The molecule has 2 aromatic rings. The van der Waals surface area contributed by atoms with E-state index >= 15 is 0 Å². The fourth-order valence-electron chi connectivity index (χ4n) is 4.08. The maximum atomic E-state index is 13.0. The van der Waals surface area contributed by atoms with Gasteiger partial charge in [0, 0.05) is 18.3 Å². The second-order valence-corrected chi connectivity index (χ2v) is 7.27. The van der Waals surface area contributed by atoms with Crippen LogP contribution in [0.3, 0.4) is 0 Å². The summed E-state index contributed by atoms with van der Waals surface area (Å²) in [5.41, 5.74) is 2.44. The van der Waals surface area contributed by atoms with E-state index < -0.39 is 0 Å². The number of furan rings is 1. The molecule has 1 saturated heterocycles. The number of likely N-dealkylation sites (tertiary alicyclic amines) is 1. The van der Waals surface area contributed by atoms with E-state index in [2.05, 4.69) is 15.5 Å². The summed E-state index contributed by atoms with van der Waals surface area (Å²) in [6, 6.07) is 4.27. The van der Waals surface area contributed by atoms with Crippen molar-refractivity contribution in [2.24, 2.45) is 0 Å². The van der Waals surface area contributed by atoms with E-state index in [1.807, 2.05) is 30.2 Å². The summed E-state index contributed by atoms with van der Waals surface area (Å²) in [5, 5.41) is 10.4. The molecule has 0 aromatic carbocycles. The van der Waals surface area contributed by atoms with Crippen LogP contribution in [-0.2, 0) is 12.8 Å². The first-order chi connectivity index (χ1) is 12.2. The minimum absolute atomic E-state index is 0.0397. The lowest BCUT2D eigenvalue weighted by molar-refractivity contribution is 0.161. The van der Waals surface area contributed by atoms with Gasteiger partial charge in [0.2, 0.25) is 0 Å². The van der Waals surface area contributed by atoms with Gasteiger partial charge in [-0.3, -0.25) is 5.10 Å². The minimum atomic E-state index is 0.0397. The maximum absolute atomic E-state index is 13.0. The molecule has 3 heterocycles. The highest BCUT2D eigenvalue weighted by atomic mass is 16.3. The zero-order valence-corrected chi connectivity index (χ0v) is 14.8. The van der Waals surface area contributed by atoms with Gasteiger partial charge in [0.05, 0.1) is 12.2 Å². The number of rotatable bonds is 2. The zero-order chi connectivity index (χ0) is 17.2. The molecule has 2 atom stereocenters. The van der Waals surface area contributed by atoms with E-state index in [1.54, 1.807) is 0 Å². The fraction of sp³-hybridized carbons (Fsp3) is 0.579. The Morgan fingerprint density at radius 1 is 1.32 bits per heavy atom. The summed E-state index contributed by atoms with van der Waals surface area (Å²) in [6.07, 6.45) is 8.97. The molecule has 2 amide bonds. The molecule has 25 heavy (non-hydrogen) atoms. The van der Waals surface area contributed by atoms with Crippen LogP contribution in [0, 0.1) is 6.92 Å². The smallest absolute Gasteiger partial charge is 0.318 e. The van der Waals surface area contributed by atoms with Crippen LogP contribution >= 0.6 is 0 Å². The lowest BCUT2D eigenvalue weighted by atomic mass is 9.94. The molecule has 2 aliphatic rings. The molecule has 4 rings (SSSR count). The number of carbonyl (C=O) groups is 1. The molecule has 0 bridgehead atoms. The molecule has 1 aliphatic heterocycles. The summed E-state index contributed by atoms with van der Waals surface area (Å²) in [7, 11) is 0. The van der Waals surface area contributed by atoms with Crippen LogP contribution < -0.4 is 5.32 Å². The van der Waals surface area contributed by atoms with Crippen LogP contribution in [0.2, 0.25) is 0 Å². The third-order valence-electron chi connectivity index (χ3n) is 5.45. The Morgan fingerprint density at radius 2 is 2.24 bits per heavy atom. The molecule has 1 fully saturated rings. The molecular formula is C19H26N4O2. The number of aromatic nitrogens is 2. The van der Waals surface area contributed by atoms with Crippen LogP contribution in [-0.4, -0.2) is 33.7 Å². The van der Waals surface area contributed by atoms with Crippen molar-refractivity contribution in [2.75, 3.05) is 6.54 Å². The molecule has 1 aliphatic carbocycles. The molecule has 0 spiro atoms. The van der Waals surface area contributed by atoms with Crippen LogP contribution in [0.25, 0.3) is 0 Å². The van der Waals surface area contributed by atoms with Crippen molar-refractivity contribution in [3.63, 3.8) is 0 Å². The number of hydrogen-bond donors (Lipinski definition) is 2. The first kappa shape index (κ1) is 16.2. The predicted molar refractivity (Wildman–Crippen MR) is 94.3 cm³/mol. The van der Waals surface area contributed by atoms with Gasteiger partial charge in [0.1, 0.15) is 11.5 Å². The largest absolute Gasteiger partial charge is 0.464 e. The normalized spacial score (nSPS) is 23.8. The van der Waals surface area contributed by atoms with Crippen LogP contribution in [0.1, 0.15) is 60.9 Å². The van der Waals surface area contributed by atoms with E-state index in [-0.39, 0.29) is 18.1 Å². The number of nitrogens with zero attached hydrogens (tertiary/aromatic N) is 2. The molecular weight excluding hydrogens is 316 g/mol. The van der Waals surface area contributed by atoms with Gasteiger partial charge in [0.25, 0.3) is 0 Å². The quantitative estimate of drug-likeness (QED) is 0.877. The van der Waals surface area contributed by atoms with Crippen molar-refractivity contribution < 1.29 is 9.21 Å². The van der Waals surface area contributed by atoms with E-state index in [0.29, 0.717) is 0 Å². The Labute approximate surface area is 148 Å². The standard InChI is InChI=1S/C19H26N4O2/c1-13-6-9-18(25-13)17-5-3-2-4-10-23(17)19(24)21-15-7-8-16-14(11-15)12-20-22-16/h6,9,12,15,17H,2-5,7-8,10-11H2,1H3,(H,20,22)(H,21,24)/t15-,17+/m1/s1. The Balaban J connectivity index is 1.47. The second kappa shape index (κ2) is 6.94. The third kappa shape index (κ3) is 3.43. The lowest BCUT2D eigenvalue weighted by Gasteiger charge is -2.32. The Kier molecular flexibility index (Phi) is 4.51. The molecule has 0 unspecified atom stereocenters. The highest BCUT2D eigenvalue weighted by Crippen LogP contribution is 2.31. The van der Waals surface area contributed by atoms with Crippen molar-refractivity contribution in [3.8, 4) is 0 Å². The second-order valence-electron chi connectivity index (χ2n) is 7.27. The predicted octanol–water partition coefficient (Wildman–Crippen LogP) is 3.50. The first-order valence-electron chi connectivity index (χ1n) is 9.35. The number of hydrogen-bond acceptors (Lipinski definition) is 3. The minimum Gasteiger partial charge on any atom is -0.464 e. The number of amides is 2. The number of carbonyl (C=O) groups excluding carboxylic acids is 1. The Hall–Kier alpha value is -2.24. The summed E-state index contributed by atoms with van der Waals surface area (Å²) in [5.74, 6) is 1.81. The number of nitrogens with one attached hydrogen (secondary N) is 2. The van der Waals surface area contributed by atoms with Gasteiger partial charge in [-0.2, -0.15) is 5.10 Å². The monoisotopic (exact) mass is 342 g/mol. The van der Waals surface area contributed by atoms with Gasteiger partial charge in [0.15, 0.2) is 0 Å². The van der Waals surface area contributed by atoms with E-state index in [0.717, 1.165) is 56.6 Å². The molecule has 0 radical (unpaired) electrons. The van der Waals surface area contributed by atoms with Crippen LogP contribution in [0.4, 0.5) is 4.79 Å². The SMILES string of the molecule is Cc1ccc([C@@H]2CCCCCN2C(=O)N[C@@H]2CCc3[nH]ncc3C2)o1. The van der Waals surface area contributed by atoms with Gasteiger partial charge >= 0.3 is 6.03 Å². The average molecular weight is 342 g/mol. The molecule has 2 aromatic heterocycles.